The maximum Gasteiger partial charge on any atom is 0.276 e. The number of sulfonamides is 1. The highest BCUT2D eigenvalue weighted by Gasteiger charge is 2.26. The van der Waals surface area contributed by atoms with Gasteiger partial charge < -0.3 is 5.32 Å². The highest BCUT2D eigenvalue weighted by molar-refractivity contribution is 7.89. The molecule has 0 atom stereocenters. The summed E-state index contributed by atoms with van der Waals surface area (Å²) in [4.78, 5) is 26.0. The smallest absolute Gasteiger partial charge is 0.276 e. The fraction of sp³-hybridized carbons (Fsp3) is 0.375. The SMILES string of the molecule is CCCCn1nc(C(=O)Nc2ccc(S(=O)(=O)N3CCCCC3)cc2)c2ccccc2c1=O. The maximum absolute atomic E-state index is 13.1. The lowest BCUT2D eigenvalue weighted by molar-refractivity contribution is 0.102. The minimum atomic E-state index is -3.54. The molecule has 2 aromatic carbocycles. The van der Waals surface area contributed by atoms with Gasteiger partial charge in [0, 0.05) is 30.7 Å². The van der Waals surface area contributed by atoms with Crippen LogP contribution in [0.3, 0.4) is 0 Å². The number of fused-ring (bicyclic) bond motifs is 1. The van der Waals surface area contributed by atoms with Crippen LogP contribution in [0.1, 0.15) is 49.5 Å². The third kappa shape index (κ3) is 4.84. The number of anilines is 1. The number of hydrogen-bond donors (Lipinski definition) is 1. The Morgan fingerprint density at radius 2 is 1.67 bits per heavy atom. The molecule has 33 heavy (non-hydrogen) atoms. The van der Waals surface area contributed by atoms with Gasteiger partial charge in [-0.2, -0.15) is 9.40 Å². The number of hydrogen-bond acceptors (Lipinski definition) is 5. The Hall–Kier alpha value is -3.04. The van der Waals surface area contributed by atoms with E-state index < -0.39 is 15.9 Å². The molecule has 8 nitrogen and oxygen atoms in total. The van der Waals surface area contributed by atoms with Crippen LogP contribution >= 0.6 is 0 Å². The van der Waals surface area contributed by atoms with Gasteiger partial charge in [-0.05, 0) is 49.6 Å². The van der Waals surface area contributed by atoms with Crippen molar-refractivity contribution in [2.75, 3.05) is 18.4 Å². The monoisotopic (exact) mass is 468 g/mol. The van der Waals surface area contributed by atoms with Crippen LogP contribution in [0.5, 0.6) is 0 Å². The fourth-order valence-corrected chi connectivity index (χ4v) is 5.53. The molecule has 4 rings (SSSR count). The molecule has 0 aliphatic carbocycles. The molecule has 0 unspecified atom stereocenters. The van der Waals surface area contributed by atoms with Gasteiger partial charge in [-0.15, -0.1) is 0 Å². The quantitative estimate of drug-likeness (QED) is 0.571. The number of nitrogens with zero attached hydrogens (tertiary/aromatic N) is 3. The Labute approximate surface area is 193 Å². The Morgan fingerprint density at radius 1 is 1.00 bits per heavy atom. The zero-order valence-electron chi connectivity index (χ0n) is 18.7. The molecule has 1 N–H and O–H groups in total. The summed E-state index contributed by atoms with van der Waals surface area (Å²) in [5.41, 5.74) is 0.393. The molecular formula is C24H28N4O4S. The molecule has 0 bridgehead atoms. The number of nitrogens with one attached hydrogen (secondary N) is 1. The average molecular weight is 469 g/mol. The molecule has 1 saturated heterocycles. The lowest BCUT2D eigenvalue weighted by Gasteiger charge is -2.25. The van der Waals surface area contributed by atoms with Crippen molar-refractivity contribution in [2.24, 2.45) is 0 Å². The van der Waals surface area contributed by atoms with Gasteiger partial charge >= 0.3 is 0 Å². The number of rotatable bonds is 7. The number of aromatic nitrogens is 2. The van der Waals surface area contributed by atoms with Crippen LogP contribution in [0.25, 0.3) is 10.8 Å². The Morgan fingerprint density at radius 3 is 2.33 bits per heavy atom. The van der Waals surface area contributed by atoms with Crippen LogP contribution < -0.4 is 10.9 Å². The van der Waals surface area contributed by atoms with E-state index in [1.54, 1.807) is 36.4 Å². The van der Waals surface area contributed by atoms with Gasteiger partial charge in [-0.3, -0.25) is 9.59 Å². The van der Waals surface area contributed by atoms with E-state index in [0.29, 0.717) is 36.1 Å². The van der Waals surface area contributed by atoms with Crippen LogP contribution in [-0.2, 0) is 16.6 Å². The van der Waals surface area contributed by atoms with Gasteiger partial charge in [0.25, 0.3) is 11.5 Å². The first-order valence-corrected chi connectivity index (χ1v) is 12.8. The minimum Gasteiger partial charge on any atom is -0.321 e. The molecular weight excluding hydrogens is 440 g/mol. The maximum atomic E-state index is 13.1. The van der Waals surface area contributed by atoms with Gasteiger partial charge in [0.15, 0.2) is 5.69 Å². The first-order chi connectivity index (χ1) is 15.9. The molecule has 1 aliphatic rings. The van der Waals surface area contributed by atoms with Crippen molar-refractivity contribution >= 4 is 32.4 Å². The third-order valence-corrected chi connectivity index (χ3v) is 7.78. The van der Waals surface area contributed by atoms with E-state index in [9.17, 15) is 18.0 Å². The van der Waals surface area contributed by atoms with E-state index in [2.05, 4.69) is 10.4 Å². The first-order valence-electron chi connectivity index (χ1n) is 11.3. The molecule has 0 radical (unpaired) electrons. The summed E-state index contributed by atoms with van der Waals surface area (Å²) in [5, 5.41) is 8.05. The molecule has 2 heterocycles. The number of piperidine rings is 1. The van der Waals surface area contributed by atoms with Gasteiger partial charge in [0.2, 0.25) is 10.0 Å². The van der Waals surface area contributed by atoms with E-state index in [-0.39, 0.29) is 16.1 Å². The molecule has 0 saturated carbocycles. The van der Waals surface area contributed by atoms with Gasteiger partial charge in [-0.1, -0.05) is 38.0 Å². The summed E-state index contributed by atoms with van der Waals surface area (Å²) in [6, 6.07) is 13.1. The van der Waals surface area contributed by atoms with Crippen molar-refractivity contribution in [1.82, 2.24) is 14.1 Å². The normalized spacial score (nSPS) is 14.9. The third-order valence-electron chi connectivity index (χ3n) is 5.87. The standard InChI is InChI=1S/C24H28N4O4S/c1-2-3-17-28-24(30)21-10-6-5-9-20(21)22(26-28)23(29)25-18-11-13-19(14-12-18)33(31,32)27-15-7-4-8-16-27/h5-6,9-14H,2-4,7-8,15-17H2,1H3,(H,25,29). The van der Waals surface area contributed by atoms with E-state index >= 15 is 0 Å². The Kier molecular flexibility index (Phi) is 6.90. The van der Waals surface area contributed by atoms with Gasteiger partial charge in [-0.25, -0.2) is 13.1 Å². The molecule has 1 aromatic heterocycles. The second-order valence-corrected chi connectivity index (χ2v) is 10.2. The van der Waals surface area contributed by atoms with Crippen LogP contribution in [0, 0.1) is 0 Å². The second kappa shape index (κ2) is 9.84. The Bertz CT molecular complexity index is 1310. The second-order valence-electron chi connectivity index (χ2n) is 8.22. The fourth-order valence-electron chi connectivity index (χ4n) is 4.02. The van der Waals surface area contributed by atoms with Gasteiger partial charge in [0.1, 0.15) is 0 Å². The first kappa shape index (κ1) is 23.1. The van der Waals surface area contributed by atoms with Crippen molar-refractivity contribution in [1.29, 1.82) is 0 Å². The summed E-state index contributed by atoms with van der Waals surface area (Å²) >= 11 is 0. The minimum absolute atomic E-state index is 0.159. The van der Waals surface area contributed by atoms with Crippen molar-refractivity contribution in [3.63, 3.8) is 0 Å². The van der Waals surface area contributed by atoms with Crippen molar-refractivity contribution < 1.29 is 13.2 Å². The molecule has 1 aliphatic heterocycles. The summed E-state index contributed by atoms with van der Waals surface area (Å²) < 4.78 is 28.5. The number of amides is 1. The van der Waals surface area contributed by atoms with Crippen LogP contribution in [0.2, 0.25) is 0 Å². The highest BCUT2D eigenvalue weighted by Crippen LogP contribution is 2.22. The lowest BCUT2D eigenvalue weighted by atomic mass is 10.1. The zero-order chi connectivity index (χ0) is 23.4. The molecule has 1 fully saturated rings. The van der Waals surface area contributed by atoms with Crippen LogP contribution in [0.15, 0.2) is 58.2 Å². The Balaban J connectivity index is 1.59. The molecule has 174 valence electrons. The lowest BCUT2D eigenvalue weighted by Crippen LogP contribution is -2.35. The summed E-state index contributed by atoms with van der Waals surface area (Å²) in [5.74, 6) is -0.455. The van der Waals surface area contributed by atoms with Gasteiger partial charge in [0.05, 0.1) is 10.3 Å². The van der Waals surface area contributed by atoms with E-state index in [1.165, 1.54) is 21.1 Å². The number of unbranched alkanes of at least 4 members (excludes halogenated alkanes) is 1. The number of carbonyl (C=O) groups is 1. The van der Waals surface area contributed by atoms with E-state index in [1.807, 2.05) is 6.92 Å². The van der Waals surface area contributed by atoms with Crippen molar-refractivity contribution in [2.45, 2.75) is 50.5 Å². The van der Waals surface area contributed by atoms with Crippen molar-refractivity contribution in [3.8, 4) is 0 Å². The predicted octanol–water partition coefficient (Wildman–Crippen LogP) is 3.62. The zero-order valence-corrected chi connectivity index (χ0v) is 19.5. The largest absolute Gasteiger partial charge is 0.321 e. The summed E-state index contributed by atoms with van der Waals surface area (Å²) in [6.45, 7) is 3.53. The summed E-state index contributed by atoms with van der Waals surface area (Å²) in [6.07, 6.45) is 4.46. The van der Waals surface area contributed by atoms with Crippen LogP contribution in [-0.4, -0.2) is 41.5 Å². The summed E-state index contributed by atoms with van der Waals surface area (Å²) in [7, 11) is -3.54. The number of aryl methyl sites for hydroxylation is 1. The number of carbonyl (C=O) groups excluding carboxylic acids is 1. The highest BCUT2D eigenvalue weighted by atomic mass is 32.2. The predicted molar refractivity (Wildman–Crippen MR) is 128 cm³/mol. The molecule has 3 aromatic rings. The average Bonchev–Trinajstić information content (AvgIpc) is 2.84. The van der Waals surface area contributed by atoms with E-state index in [4.69, 9.17) is 0 Å². The molecule has 1 amide bonds. The molecule has 9 heteroatoms. The van der Waals surface area contributed by atoms with Crippen molar-refractivity contribution in [3.05, 3.63) is 64.6 Å². The number of benzene rings is 2. The topological polar surface area (TPSA) is 101 Å². The van der Waals surface area contributed by atoms with Crippen LogP contribution in [0.4, 0.5) is 5.69 Å². The molecule has 0 spiro atoms. The van der Waals surface area contributed by atoms with E-state index in [0.717, 1.165) is 32.1 Å².